The van der Waals surface area contributed by atoms with Crippen LogP contribution in [0, 0.1) is 13.8 Å². The predicted molar refractivity (Wildman–Crippen MR) is 69.8 cm³/mol. The van der Waals surface area contributed by atoms with Crippen molar-refractivity contribution in [3.8, 4) is 0 Å². The smallest absolute Gasteiger partial charge is 0.226 e. The van der Waals surface area contributed by atoms with Crippen LogP contribution in [-0.4, -0.2) is 12.5 Å². The van der Waals surface area contributed by atoms with Gasteiger partial charge in [-0.05, 0) is 49.9 Å². The quantitative estimate of drug-likeness (QED) is 0.771. The van der Waals surface area contributed by atoms with Crippen LogP contribution in [0.25, 0.3) is 0 Å². The number of carbonyl (C=O) groups excluding carboxylic acids is 1. The molecule has 0 saturated carbocycles. The van der Waals surface area contributed by atoms with E-state index < -0.39 is 0 Å². The summed E-state index contributed by atoms with van der Waals surface area (Å²) < 4.78 is 1.14. The highest BCUT2D eigenvalue weighted by Crippen LogP contribution is 2.29. The number of amides is 1. The van der Waals surface area contributed by atoms with Gasteiger partial charge in [0.1, 0.15) is 0 Å². The molecule has 2 nitrogen and oxygen atoms in total. The van der Waals surface area contributed by atoms with Crippen molar-refractivity contribution in [2.24, 2.45) is 0 Å². The first-order chi connectivity index (χ1) is 7.59. The maximum Gasteiger partial charge on any atom is 0.226 e. The van der Waals surface area contributed by atoms with E-state index >= 15 is 0 Å². The molecule has 2 rings (SSSR count). The Balaban J connectivity index is 2.36. The lowest BCUT2D eigenvalue weighted by atomic mass is 10.1. The minimum Gasteiger partial charge on any atom is -0.312 e. The lowest BCUT2D eigenvalue weighted by Gasteiger charge is -2.27. The lowest BCUT2D eigenvalue weighted by Crippen LogP contribution is -2.35. The first-order valence-electron chi connectivity index (χ1n) is 5.66. The molecule has 0 unspecified atom stereocenters. The highest BCUT2D eigenvalue weighted by atomic mass is 79.9. The molecule has 1 aromatic rings. The van der Waals surface area contributed by atoms with E-state index in [1.165, 1.54) is 11.1 Å². The van der Waals surface area contributed by atoms with E-state index in [9.17, 15) is 4.79 Å². The van der Waals surface area contributed by atoms with E-state index in [-0.39, 0.29) is 5.91 Å². The van der Waals surface area contributed by atoms with Crippen LogP contribution in [0.2, 0.25) is 0 Å². The molecule has 1 heterocycles. The average Bonchev–Trinajstić information content (AvgIpc) is 2.26. The molecule has 1 saturated heterocycles. The van der Waals surface area contributed by atoms with Crippen LogP contribution in [0.4, 0.5) is 5.69 Å². The molecular formula is C13H16BrNO. The number of piperidine rings is 1. The van der Waals surface area contributed by atoms with Gasteiger partial charge in [0.15, 0.2) is 0 Å². The van der Waals surface area contributed by atoms with Crippen LogP contribution in [-0.2, 0) is 4.79 Å². The lowest BCUT2D eigenvalue weighted by molar-refractivity contribution is -0.119. The second-order valence-electron chi connectivity index (χ2n) is 4.40. The summed E-state index contributed by atoms with van der Waals surface area (Å²) in [6.45, 7) is 4.99. The number of anilines is 1. The molecule has 0 bridgehead atoms. The van der Waals surface area contributed by atoms with Crippen LogP contribution >= 0.6 is 15.9 Å². The van der Waals surface area contributed by atoms with E-state index in [4.69, 9.17) is 0 Å². The third-order valence-corrected chi connectivity index (χ3v) is 4.31. The summed E-state index contributed by atoms with van der Waals surface area (Å²) in [7, 11) is 0. The third-order valence-electron chi connectivity index (χ3n) is 3.06. The van der Waals surface area contributed by atoms with Crippen molar-refractivity contribution in [2.45, 2.75) is 33.1 Å². The zero-order valence-electron chi connectivity index (χ0n) is 9.72. The topological polar surface area (TPSA) is 20.3 Å². The van der Waals surface area contributed by atoms with Crippen molar-refractivity contribution >= 4 is 27.5 Å². The minimum absolute atomic E-state index is 0.257. The SMILES string of the molecule is Cc1cc(N2CCCCC2=O)cc(C)c1Br. The fourth-order valence-corrected chi connectivity index (χ4v) is 2.39. The van der Waals surface area contributed by atoms with E-state index in [1.54, 1.807) is 0 Å². The Bertz CT molecular complexity index is 405. The van der Waals surface area contributed by atoms with Crippen molar-refractivity contribution < 1.29 is 4.79 Å². The Morgan fingerprint density at radius 3 is 2.38 bits per heavy atom. The van der Waals surface area contributed by atoms with E-state index in [0.29, 0.717) is 6.42 Å². The summed E-state index contributed by atoms with van der Waals surface area (Å²) in [5, 5.41) is 0. The van der Waals surface area contributed by atoms with Gasteiger partial charge >= 0.3 is 0 Å². The summed E-state index contributed by atoms with van der Waals surface area (Å²) in [4.78, 5) is 13.7. The Kier molecular flexibility index (Phi) is 3.33. The molecule has 1 fully saturated rings. The van der Waals surface area contributed by atoms with Crippen LogP contribution in [0.15, 0.2) is 16.6 Å². The minimum atomic E-state index is 0.257. The fraction of sp³-hybridized carbons (Fsp3) is 0.462. The molecule has 0 radical (unpaired) electrons. The Morgan fingerprint density at radius 1 is 1.19 bits per heavy atom. The summed E-state index contributed by atoms with van der Waals surface area (Å²) in [5.74, 6) is 0.257. The van der Waals surface area contributed by atoms with Gasteiger partial charge in [0, 0.05) is 23.1 Å². The molecule has 0 aliphatic carbocycles. The fourth-order valence-electron chi connectivity index (χ4n) is 2.16. The van der Waals surface area contributed by atoms with Crippen molar-refractivity contribution in [1.82, 2.24) is 0 Å². The number of rotatable bonds is 1. The number of hydrogen-bond acceptors (Lipinski definition) is 1. The highest BCUT2D eigenvalue weighted by Gasteiger charge is 2.20. The van der Waals surface area contributed by atoms with E-state index in [1.807, 2.05) is 4.90 Å². The molecule has 1 aliphatic rings. The molecule has 16 heavy (non-hydrogen) atoms. The monoisotopic (exact) mass is 281 g/mol. The first-order valence-corrected chi connectivity index (χ1v) is 6.46. The number of aryl methyl sites for hydroxylation is 2. The molecule has 1 aromatic carbocycles. The number of carbonyl (C=O) groups is 1. The average molecular weight is 282 g/mol. The number of benzene rings is 1. The second kappa shape index (κ2) is 4.58. The summed E-state index contributed by atoms with van der Waals surface area (Å²) in [5.41, 5.74) is 3.42. The number of hydrogen-bond donors (Lipinski definition) is 0. The van der Waals surface area contributed by atoms with Gasteiger partial charge in [-0.3, -0.25) is 4.79 Å². The molecule has 1 amide bonds. The van der Waals surface area contributed by atoms with Crippen molar-refractivity contribution in [3.05, 3.63) is 27.7 Å². The van der Waals surface area contributed by atoms with Gasteiger partial charge in [0.05, 0.1) is 0 Å². The Morgan fingerprint density at radius 2 is 1.81 bits per heavy atom. The molecule has 0 N–H and O–H groups in total. The van der Waals surface area contributed by atoms with Gasteiger partial charge in [-0.25, -0.2) is 0 Å². The van der Waals surface area contributed by atoms with Crippen LogP contribution in [0.5, 0.6) is 0 Å². The molecule has 86 valence electrons. The standard InChI is InChI=1S/C13H16BrNO/c1-9-7-11(8-10(2)13(9)14)15-6-4-3-5-12(15)16/h7-8H,3-6H2,1-2H3. The van der Waals surface area contributed by atoms with Crippen LogP contribution in [0.1, 0.15) is 30.4 Å². The maximum absolute atomic E-state index is 11.8. The van der Waals surface area contributed by atoms with Gasteiger partial charge in [-0.2, -0.15) is 0 Å². The molecule has 0 atom stereocenters. The van der Waals surface area contributed by atoms with Gasteiger partial charge in [0.2, 0.25) is 5.91 Å². The van der Waals surface area contributed by atoms with Gasteiger partial charge in [0.25, 0.3) is 0 Å². The molecule has 0 aromatic heterocycles. The van der Waals surface area contributed by atoms with Gasteiger partial charge in [-0.1, -0.05) is 15.9 Å². The Labute approximate surface area is 105 Å². The molecule has 0 spiro atoms. The van der Waals surface area contributed by atoms with E-state index in [0.717, 1.165) is 29.5 Å². The summed E-state index contributed by atoms with van der Waals surface area (Å²) in [6, 6.07) is 4.17. The summed E-state index contributed by atoms with van der Waals surface area (Å²) in [6.07, 6.45) is 2.83. The number of halogens is 1. The summed E-state index contributed by atoms with van der Waals surface area (Å²) >= 11 is 3.55. The molecule has 1 aliphatic heterocycles. The highest BCUT2D eigenvalue weighted by molar-refractivity contribution is 9.10. The predicted octanol–water partition coefficient (Wildman–Crippen LogP) is 3.58. The second-order valence-corrected chi connectivity index (χ2v) is 5.19. The first kappa shape index (κ1) is 11.6. The van der Waals surface area contributed by atoms with Gasteiger partial charge in [-0.15, -0.1) is 0 Å². The molecular weight excluding hydrogens is 266 g/mol. The van der Waals surface area contributed by atoms with E-state index in [2.05, 4.69) is 41.9 Å². The van der Waals surface area contributed by atoms with Crippen LogP contribution in [0.3, 0.4) is 0 Å². The zero-order valence-corrected chi connectivity index (χ0v) is 11.3. The van der Waals surface area contributed by atoms with Crippen molar-refractivity contribution in [3.63, 3.8) is 0 Å². The zero-order chi connectivity index (χ0) is 11.7. The third kappa shape index (κ3) is 2.14. The van der Waals surface area contributed by atoms with Crippen molar-refractivity contribution in [2.75, 3.05) is 11.4 Å². The molecule has 3 heteroatoms. The largest absolute Gasteiger partial charge is 0.312 e. The van der Waals surface area contributed by atoms with Gasteiger partial charge < -0.3 is 4.90 Å². The van der Waals surface area contributed by atoms with Crippen molar-refractivity contribution in [1.29, 1.82) is 0 Å². The maximum atomic E-state index is 11.8. The van der Waals surface area contributed by atoms with Crippen LogP contribution < -0.4 is 4.90 Å². The Hall–Kier alpha value is -0.830. The number of nitrogens with zero attached hydrogens (tertiary/aromatic N) is 1. The normalized spacial score (nSPS) is 16.7.